The van der Waals surface area contributed by atoms with Crippen LogP contribution in [0.2, 0.25) is 0 Å². The number of likely N-dealkylation sites (N-methyl/N-ethyl adjacent to an activating group) is 1. The smallest absolute Gasteiger partial charge is 0.00522 e. The Balaban J connectivity index is -0.000000144. The van der Waals surface area contributed by atoms with Gasteiger partial charge in [-0.1, -0.05) is 27.7 Å². The topological polar surface area (TPSA) is 15.3 Å². The second kappa shape index (κ2) is 17.6. The molecule has 3 heteroatoms. The van der Waals surface area contributed by atoms with Crippen LogP contribution >= 0.6 is 0 Å². The van der Waals surface area contributed by atoms with Gasteiger partial charge in [0.1, 0.15) is 0 Å². The van der Waals surface area contributed by atoms with Crippen LogP contribution in [0.25, 0.3) is 0 Å². The van der Waals surface area contributed by atoms with Crippen LogP contribution in [0.4, 0.5) is 0 Å². The molecular formula is C9H23N2Re-. The van der Waals surface area contributed by atoms with Gasteiger partial charge in [-0.05, 0) is 13.6 Å². The number of nitrogens with one attached hydrogen (secondary N) is 1. The van der Waals surface area contributed by atoms with Crippen LogP contribution in [0.1, 0.15) is 27.7 Å². The maximum absolute atomic E-state index is 3.15. The van der Waals surface area contributed by atoms with Gasteiger partial charge < -0.3 is 10.2 Å². The largest absolute Gasteiger partial charge is 0.468 e. The van der Waals surface area contributed by atoms with E-state index in [2.05, 4.69) is 23.8 Å². The third kappa shape index (κ3) is 13.2. The number of rotatable bonds is 0. The molecular weight excluding hydrogens is 322 g/mol. The summed E-state index contributed by atoms with van der Waals surface area (Å²) in [7, 11) is 2.12. The number of hydrogen-bond acceptors (Lipinski definition) is 2. The fourth-order valence-corrected chi connectivity index (χ4v) is 0.669. The molecule has 77 valence electrons. The van der Waals surface area contributed by atoms with E-state index in [1.54, 1.807) is 0 Å². The van der Waals surface area contributed by atoms with Crippen LogP contribution in [0, 0.1) is 6.54 Å². The molecule has 0 aromatic carbocycles. The zero-order chi connectivity index (χ0) is 9.11. The summed E-state index contributed by atoms with van der Waals surface area (Å²) in [5.74, 6) is 0. The second-order valence-electron chi connectivity index (χ2n) is 1.92. The van der Waals surface area contributed by atoms with E-state index < -0.39 is 0 Å². The number of nitrogens with zero attached hydrogens (tertiary/aromatic N) is 1. The SMILES string of the molecule is CC.CC.CN1C[CH-]NCC1.[Re]. The molecule has 1 heterocycles. The van der Waals surface area contributed by atoms with Gasteiger partial charge in [-0.25, -0.2) is 0 Å². The summed E-state index contributed by atoms with van der Waals surface area (Å²) in [5, 5.41) is 3.15. The standard InChI is InChI=1S/C5H11N2.2C2H6.Re/c1-7-4-2-6-3-5-7;2*1-2;/h2,6H,3-5H2,1H3;2*1-2H3;/q-1;;;. The van der Waals surface area contributed by atoms with Crippen molar-refractivity contribution >= 4 is 0 Å². The van der Waals surface area contributed by atoms with Crippen molar-refractivity contribution in [2.24, 2.45) is 0 Å². The molecule has 0 spiro atoms. The Morgan fingerprint density at radius 1 is 1.17 bits per heavy atom. The first-order valence-electron chi connectivity index (χ1n) is 4.63. The molecule has 12 heavy (non-hydrogen) atoms. The van der Waals surface area contributed by atoms with Gasteiger partial charge >= 0.3 is 0 Å². The van der Waals surface area contributed by atoms with Gasteiger partial charge in [0.15, 0.2) is 0 Å². The van der Waals surface area contributed by atoms with Crippen LogP contribution in [-0.4, -0.2) is 31.6 Å². The van der Waals surface area contributed by atoms with Crippen LogP contribution in [0.15, 0.2) is 0 Å². The van der Waals surface area contributed by atoms with Crippen LogP contribution in [-0.2, 0) is 20.4 Å². The summed E-state index contributed by atoms with van der Waals surface area (Å²) < 4.78 is 0. The molecule has 1 fully saturated rings. The van der Waals surface area contributed by atoms with E-state index in [4.69, 9.17) is 0 Å². The summed E-state index contributed by atoms with van der Waals surface area (Å²) in [6.45, 7) is 13.5. The fourth-order valence-electron chi connectivity index (χ4n) is 0.669. The molecule has 1 N–H and O–H groups in total. The Morgan fingerprint density at radius 3 is 1.83 bits per heavy atom. The average molecular weight is 346 g/mol. The van der Waals surface area contributed by atoms with Crippen molar-refractivity contribution in [3.8, 4) is 0 Å². The Kier molecular flexibility index (Phi) is 27.0. The Hall–Kier alpha value is 0.582. The molecule has 0 saturated carbocycles. The maximum Gasteiger partial charge on any atom is 0.00522 e. The van der Waals surface area contributed by atoms with E-state index in [1.165, 1.54) is 6.54 Å². The first-order valence-corrected chi connectivity index (χ1v) is 4.63. The van der Waals surface area contributed by atoms with Crippen molar-refractivity contribution in [3.05, 3.63) is 6.54 Å². The molecule has 0 atom stereocenters. The molecule has 0 aromatic heterocycles. The van der Waals surface area contributed by atoms with Gasteiger partial charge in [-0.15, -0.1) is 6.54 Å². The Bertz CT molecular complexity index is 54.5. The predicted molar refractivity (Wildman–Crippen MR) is 52.5 cm³/mol. The molecule has 1 aliphatic rings. The molecule has 1 radical (unpaired) electrons. The van der Waals surface area contributed by atoms with E-state index in [9.17, 15) is 0 Å². The van der Waals surface area contributed by atoms with E-state index in [-0.39, 0.29) is 20.4 Å². The van der Waals surface area contributed by atoms with E-state index in [0.29, 0.717) is 0 Å². The van der Waals surface area contributed by atoms with Gasteiger partial charge in [-0.2, -0.15) is 0 Å². The molecule has 0 unspecified atom stereocenters. The van der Waals surface area contributed by atoms with Gasteiger partial charge in [0, 0.05) is 27.0 Å². The molecule has 1 saturated heterocycles. The second-order valence-corrected chi connectivity index (χ2v) is 1.92. The van der Waals surface area contributed by atoms with Gasteiger partial charge in [0.2, 0.25) is 0 Å². The fraction of sp³-hybridized carbons (Fsp3) is 0.889. The molecule has 0 aliphatic carbocycles. The van der Waals surface area contributed by atoms with Crippen molar-refractivity contribution in [1.29, 1.82) is 0 Å². The quantitative estimate of drug-likeness (QED) is 0.673. The van der Waals surface area contributed by atoms with Gasteiger partial charge in [-0.3, -0.25) is 6.54 Å². The minimum absolute atomic E-state index is 0. The van der Waals surface area contributed by atoms with Crippen molar-refractivity contribution in [2.75, 3.05) is 26.7 Å². The van der Waals surface area contributed by atoms with E-state index in [1.807, 2.05) is 27.7 Å². The summed E-state index contributed by atoms with van der Waals surface area (Å²) >= 11 is 0. The third-order valence-corrected chi connectivity index (χ3v) is 1.19. The van der Waals surface area contributed by atoms with E-state index in [0.717, 1.165) is 13.1 Å². The van der Waals surface area contributed by atoms with Gasteiger partial charge in [0.25, 0.3) is 0 Å². The van der Waals surface area contributed by atoms with E-state index >= 15 is 0 Å². The molecule has 0 aromatic rings. The van der Waals surface area contributed by atoms with Crippen LogP contribution in [0.3, 0.4) is 0 Å². The van der Waals surface area contributed by atoms with Crippen molar-refractivity contribution in [1.82, 2.24) is 10.2 Å². The first kappa shape index (κ1) is 18.4. The Morgan fingerprint density at radius 2 is 1.67 bits per heavy atom. The normalized spacial score (nSPS) is 15.8. The molecule has 0 bridgehead atoms. The third-order valence-electron chi connectivity index (χ3n) is 1.19. The Labute approximate surface area is 91.8 Å². The summed E-state index contributed by atoms with van der Waals surface area (Å²) in [5.41, 5.74) is 0. The predicted octanol–water partition coefficient (Wildman–Crippen LogP) is 1.73. The zero-order valence-corrected chi connectivity index (χ0v) is 11.7. The minimum atomic E-state index is 0. The van der Waals surface area contributed by atoms with Crippen molar-refractivity contribution < 1.29 is 20.4 Å². The number of piperazine rings is 1. The summed E-state index contributed by atoms with van der Waals surface area (Å²) in [4.78, 5) is 2.27. The molecule has 2 nitrogen and oxygen atoms in total. The molecule has 1 rings (SSSR count). The van der Waals surface area contributed by atoms with Crippen molar-refractivity contribution in [2.45, 2.75) is 27.7 Å². The summed E-state index contributed by atoms with van der Waals surface area (Å²) in [6, 6.07) is 0. The van der Waals surface area contributed by atoms with Crippen molar-refractivity contribution in [3.63, 3.8) is 0 Å². The van der Waals surface area contributed by atoms with Gasteiger partial charge in [0.05, 0.1) is 0 Å². The monoisotopic (exact) mass is 346 g/mol. The van der Waals surface area contributed by atoms with Crippen LogP contribution in [0.5, 0.6) is 0 Å². The molecule has 1 aliphatic heterocycles. The zero-order valence-electron chi connectivity index (χ0n) is 9.02. The maximum atomic E-state index is 3.15. The summed E-state index contributed by atoms with van der Waals surface area (Å²) in [6.07, 6.45) is 0. The van der Waals surface area contributed by atoms with Crippen LogP contribution < -0.4 is 5.32 Å². The number of hydrogen-bond donors (Lipinski definition) is 1. The molecule has 0 amide bonds. The first-order chi connectivity index (χ1) is 5.39. The minimum Gasteiger partial charge on any atom is -0.468 e. The average Bonchev–Trinajstić information content (AvgIpc) is 2.13.